The lowest BCUT2D eigenvalue weighted by Crippen LogP contribution is -2.66. The molecule has 7 aromatic carbocycles. The molecule has 0 aromatic heterocycles. The standard InChI is InChI=1S/C45H34O3SSi/c1-35-29-31-38(32-30-35)49(46,47)48-44-28-16-19-37(45(44)43-27-15-14-26-42(43)36-17-6-2-7-18-36)33-34-50(39-20-8-3-9-21-39,40-22-10-4-11-23-40)41-24-12-5-13-25-41/h2-32H,1H3. The van der Waals surface area contributed by atoms with Crippen molar-refractivity contribution < 1.29 is 12.6 Å². The van der Waals surface area contributed by atoms with Crippen LogP contribution in [0.15, 0.2) is 193 Å². The summed E-state index contributed by atoms with van der Waals surface area (Å²) in [6.45, 7) is 1.92. The highest BCUT2D eigenvalue weighted by atomic mass is 32.2. The molecule has 0 heterocycles. The Morgan fingerprint density at radius 1 is 0.500 bits per heavy atom. The van der Waals surface area contributed by atoms with Gasteiger partial charge in [0.05, 0.1) is 0 Å². The average Bonchev–Trinajstić information content (AvgIpc) is 3.17. The van der Waals surface area contributed by atoms with Gasteiger partial charge in [0, 0.05) is 11.1 Å². The Labute approximate surface area is 295 Å². The second-order valence-electron chi connectivity index (χ2n) is 12.0. The van der Waals surface area contributed by atoms with Crippen LogP contribution in [0.25, 0.3) is 22.3 Å². The maximum absolute atomic E-state index is 13.8. The van der Waals surface area contributed by atoms with Crippen LogP contribution < -0.4 is 19.7 Å². The molecular formula is C45H34O3SSi. The van der Waals surface area contributed by atoms with Gasteiger partial charge in [0.1, 0.15) is 4.90 Å². The van der Waals surface area contributed by atoms with Crippen molar-refractivity contribution in [2.75, 3.05) is 0 Å². The summed E-state index contributed by atoms with van der Waals surface area (Å²) in [7, 11) is -7.12. The van der Waals surface area contributed by atoms with Crippen molar-refractivity contribution in [2.24, 2.45) is 0 Å². The van der Waals surface area contributed by atoms with E-state index in [9.17, 15) is 8.42 Å². The Hall–Kier alpha value is -5.93. The van der Waals surface area contributed by atoms with Gasteiger partial charge in [-0.2, -0.15) is 8.42 Å². The highest BCUT2D eigenvalue weighted by Crippen LogP contribution is 2.40. The van der Waals surface area contributed by atoms with Gasteiger partial charge in [-0.1, -0.05) is 175 Å². The van der Waals surface area contributed by atoms with E-state index in [2.05, 4.69) is 96.4 Å². The molecule has 7 aromatic rings. The minimum Gasteiger partial charge on any atom is -0.378 e. The van der Waals surface area contributed by atoms with Crippen LogP contribution in [-0.4, -0.2) is 16.5 Å². The van der Waals surface area contributed by atoms with Gasteiger partial charge in [0.25, 0.3) is 0 Å². The van der Waals surface area contributed by atoms with Gasteiger partial charge < -0.3 is 4.18 Å². The van der Waals surface area contributed by atoms with E-state index in [4.69, 9.17) is 4.18 Å². The number of aryl methyl sites for hydroxylation is 1. The SMILES string of the molecule is Cc1ccc(S(=O)(=O)Oc2cccc(C#C[Si](c3ccccc3)(c3ccccc3)c3ccccc3)c2-c2ccccc2-c2ccccc2)cc1. The van der Waals surface area contributed by atoms with Crippen LogP contribution in [0.2, 0.25) is 0 Å². The summed E-state index contributed by atoms with van der Waals surface area (Å²) in [6, 6.07) is 61.7. The van der Waals surface area contributed by atoms with E-state index in [1.165, 1.54) is 0 Å². The first-order valence-electron chi connectivity index (χ1n) is 16.4. The molecule has 0 bridgehead atoms. The molecule has 3 nitrogen and oxygen atoms in total. The van der Waals surface area contributed by atoms with Crippen LogP contribution in [0.1, 0.15) is 11.1 Å². The number of hydrogen-bond donors (Lipinski definition) is 0. The van der Waals surface area contributed by atoms with E-state index >= 15 is 0 Å². The summed E-state index contributed by atoms with van der Waals surface area (Å²) >= 11 is 0. The van der Waals surface area contributed by atoms with Crippen LogP contribution in [0.4, 0.5) is 0 Å². The Bertz CT molecular complexity index is 2300. The monoisotopic (exact) mass is 682 g/mol. The van der Waals surface area contributed by atoms with Gasteiger partial charge in [-0.25, -0.2) is 0 Å². The lowest BCUT2D eigenvalue weighted by atomic mass is 9.91. The summed E-state index contributed by atoms with van der Waals surface area (Å²) in [5.74, 6) is 3.85. The smallest absolute Gasteiger partial charge is 0.339 e. The van der Waals surface area contributed by atoms with E-state index < -0.39 is 18.2 Å². The molecule has 0 aliphatic carbocycles. The molecule has 7 rings (SSSR count). The van der Waals surface area contributed by atoms with Crippen molar-refractivity contribution >= 4 is 33.8 Å². The Balaban J connectivity index is 1.51. The van der Waals surface area contributed by atoms with E-state index in [0.29, 0.717) is 11.1 Å². The van der Waals surface area contributed by atoms with Crippen LogP contribution >= 0.6 is 0 Å². The first-order chi connectivity index (χ1) is 24.5. The minimum atomic E-state index is -4.17. The summed E-state index contributed by atoms with van der Waals surface area (Å²) in [4.78, 5) is 0.0885. The first-order valence-corrected chi connectivity index (χ1v) is 19.9. The summed E-state index contributed by atoms with van der Waals surface area (Å²) < 4.78 is 33.6. The van der Waals surface area contributed by atoms with Gasteiger partial charge in [-0.3, -0.25) is 0 Å². The molecule has 0 aliphatic rings. The topological polar surface area (TPSA) is 43.4 Å². The molecule has 0 N–H and O–H groups in total. The molecule has 0 spiro atoms. The van der Waals surface area contributed by atoms with Crippen molar-refractivity contribution in [3.05, 3.63) is 199 Å². The lowest BCUT2D eigenvalue weighted by molar-refractivity contribution is 0.487. The molecule has 0 fully saturated rings. The van der Waals surface area contributed by atoms with Gasteiger partial charge in [0.2, 0.25) is 8.07 Å². The fourth-order valence-corrected chi connectivity index (χ4v) is 11.1. The second kappa shape index (κ2) is 14.3. The molecule has 0 radical (unpaired) electrons. The molecule has 0 unspecified atom stereocenters. The maximum atomic E-state index is 13.8. The van der Waals surface area contributed by atoms with Crippen molar-refractivity contribution in [2.45, 2.75) is 11.8 Å². The molecule has 50 heavy (non-hydrogen) atoms. The molecular weight excluding hydrogens is 649 g/mol. The van der Waals surface area contributed by atoms with Crippen molar-refractivity contribution in [3.63, 3.8) is 0 Å². The van der Waals surface area contributed by atoms with Gasteiger partial charge >= 0.3 is 10.1 Å². The quantitative estimate of drug-likeness (QED) is 0.0704. The molecule has 0 saturated heterocycles. The number of rotatable bonds is 8. The third-order valence-corrected chi connectivity index (χ3v) is 14.2. The van der Waals surface area contributed by atoms with E-state index in [0.717, 1.165) is 37.8 Å². The van der Waals surface area contributed by atoms with E-state index in [1.807, 2.05) is 79.7 Å². The molecule has 242 valence electrons. The minimum absolute atomic E-state index is 0.0885. The largest absolute Gasteiger partial charge is 0.378 e. The van der Waals surface area contributed by atoms with E-state index in [1.54, 1.807) is 30.3 Å². The third kappa shape index (κ3) is 6.55. The highest BCUT2D eigenvalue weighted by molar-refractivity contribution is 7.87. The first kappa shape index (κ1) is 32.6. The normalized spacial score (nSPS) is 11.3. The van der Waals surface area contributed by atoms with Crippen LogP contribution in [0.3, 0.4) is 0 Å². The summed E-state index contributed by atoms with van der Waals surface area (Å²) in [5.41, 5.74) is 8.89. The molecule has 0 saturated carbocycles. The fourth-order valence-electron chi connectivity index (χ4n) is 6.37. The van der Waals surface area contributed by atoms with E-state index in [-0.39, 0.29) is 10.6 Å². The zero-order valence-corrected chi connectivity index (χ0v) is 29.3. The van der Waals surface area contributed by atoms with Gasteiger partial charge in [-0.15, -0.1) is 5.54 Å². The number of hydrogen-bond acceptors (Lipinski definition) is 3. The Morgan fingerprint density at radius 3 is 1.52 bits per heavy atom. The van der Waals surface area contributed by atoms with Gasteiger partial charge in [-0.05, 0) is 63.4 Å². The maximum Gasteiger partial charge on any atom is 0.339 e. The van der Waals surface area contributed by atoms with Crippen molar-refractivity contribution in [1.82, 2.24) is 0 Å². The molecule has 0 atom stereocenters. The molecule has 5 heteroatoms. The zero-order valence-electron chi connectivity index (χ0n) is 27.5. The van der Waals surface area contributed by atoms with Crippen molar-refractivity contribution in [1.29, 1.82) is 0 Å². The predicted molar refractivity (Wildman–Crippen MR) is 207 cm³/mol. The molecule has 0 amide bonds. The third-order valence-electron chi connectivity index (χ3n) is 8.82. The fraction of sp³-hybridized carbons (Fsp3) is 0.0222. The summed E-state index contributed by atoms with van der Waals surface area (Å²) in [6.07, 6.45) is 0. The van der Waals surface area contributed by atoms with Gasteiger partial charge in [0.15, 0.2) is 5.75 Å². The Kier molecular flexibility index (Phi) is 9.31. The predicted octanol–water partition coefficient (Wildman–Crippen LogP) is 8.16. The number of benzene rings is 7. The lowest BCUT2D eigenvalue weighted by Gasteiger charge is -2.28. The highest BCUT2D eigenvalue weighted by Gasteiger charge is 2.38. The second-order valence-corrected chi connectivity index (χ2v) is 17.1. The van der Waals surface area contributed by atoms with Crippen LogP contribution in [0.5, 0.6) is 5.75 Å². The average molecular weight is 683 g/mol. The van der Waals surface area contributed by atoms with Crippen molar-refractivity contribution in [3.8, 4) is 39.5 Å². The zero-order chi connectivity index (χ0) is 34.4. The van der Waals surface area contributed by atoms with Crippen LogP contribution in [0, 0.1) is 18.4 Å². The Morgan fingerprint density at radius 2 is 0.980 bits per heavy atom. The summed E-state index contributed by atoms with van der Waals surface area (Å²) in [5, 5.41) is 3.47. The van der Waals surface area contributed by atoms with Crippen LogP contribution in [-0.2, 0) is 10.1 Å². The molecule has 0 aliphatic heterocycles.